The van der Waals surface area contributed by atoms with Gasteiger partial charge in [0.2, 0.25) is 0 Å². The van der Waals surface area contributed by atoms with Crippen molar-refractivity contribution in [2.75, 3.05) is 25.6 Å². The first-order chi connectivity index (χ1) is 23.7. The van der Waals surface area contributed by atoms with Crippen molar-refractivity contribution < 1.29 is 23.9 Å². The van der Waals surface area contributed by atoms with Gasteiger partial charge in [0, 0.05) is 53.5 Å². The second kappa shape index (κ2) is 13.9. The summed E-state index contributed by atoms with van der Waals surface area (Å²) in [5, 5.41) is 2.93. The van der Waals surface area contributed by atoms with Gasteiger partial charge in [0.05, 0.1) is 11.6 Å². The lowest BCUT2D eigenvalue weighted by Gasteiger charge is -2.49. The quantitative estimate of drug-likeness (QED) is 0.236. The third-order valence-corrected chi connectivity index (χ3v) is 10.7. The lowest BCUT2D eigenvalue weighted by molar-refractivity contribution is -0.120. The molecule has 0 spiro atoms. The molecule has 1 heterocycles. The van der Waals surface area contributed by atoms with Gasteiger partial charge in [-0.1, -0.05) is 75.7 Å². The van der Waals surface area contributed by atoms with Gasteiger partial charge in [0.15, 0.2) is 29.7 Å². The van der Waals surface area contributed by atoms with Gasteiger partial charge >= 0.3 is 0 Å². The van der Waals surface area contributed by atoms with Crippen LogP contribution in [0.3, 0.4) is 0 Å². The highest BCUT2D eigenvalue weighted by Crippen LogP contribution is 2.55. The molecule has 3 aliphatic rings. The first-order valence-electron chi connectivity index (χ1n) is 17.4. The molecule has 8 heteroatoms. The molecule has 0 bridgehead atoms. The van der Waals surface area contributed by atoms with Crippen molar-refractivity contribution in [2.45, 2.75) is 79.6 Å². The van der Waals surface area contributed by atoms with Crippen LogP contribution in [0.25, 0.3) is 0 Å². The fourth-order valence-corrected chi connectivity index (χ4v) is 8.44. The van der Waals surface area contributed by atoms with E-state index < -0.39 is 5.92 Å². The minimum atomic E-state index is -0.535. The molecular weight excluding hydrogens is 692 g/mol. The third-order valence-electron chi connectivity index (χ3n) is 10.1. The molecule has 0 saturated heterocycles. The minimum Gasteiger partial charge on any atom is -0.493 e. The summed E-state index contributed by atoms with van der Waals surface area (Å²) in [5.41, 5.74) is 7.84. The van der Waals surface area contributed by atoms with Gasteiger partial charge in [0.1, 0.15) is 0 Å². The lowest BCUT2D eigenvalue weighted by atomic mass is 9.63. The zero-order chi connectivity index (χ0) is 36.0. The Labute approximate surface area is 304 Å². The second-order valence-corrected chi connectivity index (χ2v) is 16.5. The highest BCUT2D eigenvalue weighted by atomic mass is 79.9. The first-order valence-corrected chi connectivity index (χ1v) is 18.2. The number of Topliss-reactive ketones (excluding diaryl/α,β-unsaturated/α-hetero) is 2. The van der Waals surface area contributed by atoms with Gasteiger partial charge in [-0.15, -0.1) is 0 Å². The number of rotatable bonds is 9. The number of halogens is 1. The van der Waals surface area contributed by atoms with Crippen LogP contribution >= 0.6 is 15.9 Å². The van der Waals surface area contributed by atoms with Crippen molar-refractivity contribution in [1.29, 1.82) is 0 Å². The number of benzene rings is 3. The van der Waals surface area contributed by atoms with E-state index in [1.54, 1.807) is 7.11 Å². The number of hydrogen-bond donors (Lipinski definition) is 1. The highest BCUT2D eigenvalue weighted by Gasteiger charge is 2.49. The van der Waals surface area contributed by atoms with Gasteiger partial charge in [0.25, 0.3) is 5.91 Å². The Morgan fingerprint density at radius 1 is 0.880 bits per heavy atom. The number of ketones is 2. The molecule has 0 saturated carbocycles. The zero-order valence-electron chi connectivity index (χ0n) is 30.2. The van der Waals surface area contributed by atoms with E-state index >= 15 is 0 Å². The summed E-state index contributed by atoms with van der Waals surface area (Å²) < 4.78 is 12.5. The average Bonchev–Trinajstić information content (AvgIpc) is 3.03. The van der Waals surface area contributed by atoms with E-state index in [-0.39, 0.29) is 34.9 Å². The standard InChI is InChI=1S/C42H47BrN2O5/c1-25-13-14-30(26(2)17-25)44-36(48)24-50-40-29(43)18-28(19-35(40)49-7)37-38-31(20-41(3,4)22-33(38)46)45(16-15-27-11-9-8-10-12-27)32-21-42(5,6)23-34(47)39(32)37/h8-14,17-19,37H,15-16,20-24H2,1-7H3,(H,44,48). The molecule has 0 radical (unpaired) electrons. The van der Waals surface area contributed by atoms with E-state index in [0.29, 0.717) is 46.5 Å². The van der Waals surface area contributed by atoms with Crippen molar-refractivity contribution in [3.8, 4) is 11.5 Å². The minimum absolute atomic E-state index is 0.0774. The van der Waals surface area contributed by atoms with Crippen LogP contribution in [-0.4, -0.2) is 42.6 Å². The SMILES string of the molecule is COc1cc(C2C3=C(CC(C)(C)CC3=O)N(CCc3ccccc3)C3=C2C(=O)CC(C)(C)C3)cc(Br)c1OCC(=O)Nc1ccc(C)cc1C. The molecular formula is C42H47BrN2O5. The number of nitrogens with zero attached hydrogens (tertiary/aromatic N) is 1. The molecule has 50 heavy (non-hydrogen) atoms. The van der Waals surface area contributed by atoms with Crippen LogP contribution in [0.15, 0.2) is 87.7 Å². The number of allylic oxidation sites excluding steroid dienone is 4. The molecule has 6 rings (SSSR count). The average molecular weight is 740 g/mol. The Bertz CT molecular complexity index is 1870. The predicted molar refractivity (Wildman–Crippen MR) is 200 cm³/mol. The van der Waals surface area contributed by atoms with Crippen molar-refractivity contribution in [3.05, 3.63) is 110 Å². The molecule has 0 unspecified atom stereocenters. The maximum absolute atomic E-state index is 14.3. The summed E-state index contributed by atoms with van der Waals surface area (Å²) in [7, 11) is 1.55. The summed E-state index contributed by atoms with van der Waals surface area (Å²) >= 11 is 3.70. The maximum atomic E-state index is 14.3. The fourth-order valence-electron chi connectivity index (χ4n) is 7.86. The van der Waals surface area contributed by atoms with Crippen LogP contribution in [0.2, 0.25) is 0 Å². The topological polar surface area (TPSA) is 84.9 Å². The molecule has 0 atom stereocenters. The molecule has 3 aromatic carbocycles. The van der Waals surface area contributed by atoms with E-state index in [4.69, 9.17) is 9.47 Å². The smallest absolute Gasteiger partial charge is 0.262 e. The maximum Gasteiger partial charge on any atom is 0.262 e. The number of carbonyl (C=O) groups excluding carboxylic acids is 3. The molecule has 3 aromatic rings. The molecule has 1 N–H and O–H groups in total. The third kappa shape index (κ3) is 7.32. The van der Waals surface area contributed by atoms with Crippen LogP contribution < -0.4 is 14.8 Å². The Balaban J connectivity index is 1.40. The number of amides is 1. The highest BCUT2D eigenvalue weighted by molar-refractivity contribution is 9.10. The number of hydrogen-bond acceptors (Lipinski definition) is 6. The first kappa shape index (κ1) is 35.6. The monoisotopic (exact) mass is 738 g/mol. The summed E-state index contributed by atoms with van der Waals surface area (Å²) in [6.07, 6.45) is 3.09. The molecule has 1 aliphatic heterocycles. The Morgan fingerprint density at radius 2 is 1.50 bits per heavy atom. The molecule has 7 nitrogen and oxygen atoms in total. The van der Waals surface area contributed by atoms with Crippen LogP contribution in [0, 0.1) is 24.7 Å². The molecule has 1 amide bonds. The Kier molecular flexibility index (Phi) is 9.88. The van der Waals surface area contributed by atoms with Crippen molar-refractivity contribution in [2.24, 2.45) is 10.8 Å². The largest absolute Gasteiger partial charge is 0.493 e. The van der Waals surface area contributed by atoms with Gasteiger partial charge < -0.3 is 19.7 Å². The van der Waals surface area contributed by atoms with Crippen molar-refractivity contribution in [1.82, 2.24) is 4.90 Å². The summed E-state index contributed by atoms with van der Waals surface area (Å²) in [6, 6.07) is 20.0. The van der Waals surface area contributed by atoms with Crippen LogP contribution in [-0.2, 0) is 20.8 Å². The van der Waals surface area contributed by atoms with Crippen LogP contribution in [0.5, 0.6) is 11.5 Å². The van der Waals surface area contributed by atoms with Crippen molar-refractivity contribution >= 4 is 39.1 Å². The predicted octanol–water partition coefficient (Wildman–Crippen LogP) is 9.02. The number of anilines is 1. The molecule has 0 fully saturated rings. The lowest BCUT2D eigenvalue weighted by Crippen LogP contribution is -2.45. The van der Waals surface area contributed by atoms with E-state index in [2.05, 4.69) is 66.0 Å². The fraction of sp³-hybridized carbons (Fsp3) is 0.405. The Morgan fingerprint density at radius 3 is 2.08 bits per heavy atom. The number of methoxy groups -OCH3 is 1. The molecule has 2 aliphatic carbocycles. The van der Waals surface area contributed by atoms with Crippen LogP contribution in [0.4, 0.5) is 5.69 Å². The molecule has 262 valence electrons. The number of aryl methyl sites for hydroxylation is 2. The number of ether oxygens (including phenoxy) is 2. The summed E-state index contributed by atoms with van der Waals surface area (Å²) in [6.45, 7) is 13.0. The van der Waals surface area contributed by atoms with E-state index in [1.807, 2.05) is 62.4 Å². The van der Waals surface area contributed by atoms with Gasteiger partial charge in [-0.25, -0.2) is 0 Å². The normalized spacial score (nSPS) is 18.5. The number of carbonyl (C=O) groups is 3. The van der Waals surface area contributed by atoms with Gasteiger partial charge in [-0.2, -0.15) is 0 Å². The molecule has 0 aromatic heterocycles. The van der Waals surface area contributed by atoms with E-state index in [1.165, 1.54) is 5.56 Å². The van der Waals surface area contributed by atoms with Crippen molar-refractivity contribution in [3.63, 3.8) is 0 Å². The zero-order valence-corrected chi connectivity index (χ0v) is 31.8. The van der Waals surface area contributed by atoms with E-state index in [9.17, 15) is 14.4 Å². The van der Waals surface area contributed by atoms with Gasteiger partial charge in [-0.3, -0.25) is 14.4 Å². The second-order valence-electron chi connectivity index (χ2n) is 15.6. The summed E-state index contributed by atoms with van der Waals surface area (Å²) in [5.74, 6) is 0.113. The summed E-state index contributed by atoms with van der Waals surface area (Å²) in [4.78, 5) is 43.9. The van der Waals surface area contributed by atoms with Crippen LogP contribution in [0.1, 0.15) is 81.5 Å². The number of nitrogens with one attached hydrogen (secondary N) is 1. The Hall–Kier alpha value is -4.17. The van der Waals surface area contributed by atoms with E-state index in [0.717, 1.165) is 53.0 Å². The van der Waals surface area contributed by atoms with Gasteiger partial charge in [-0.05, 0) is 94.8 Å².